The highest BCUT2D eigenvalue weighted by Gasteiger charge is 2.11. The third-order valence-electron chi connectivity index (χ3n) is 2.68. The molecule has 3 heterocycles. The van der Waals surface area contributed by atoms with Gasteiger partial charge in [-0.05, 0) is 12.1 Å². The zero-order chi connectivity index (χ0) is 13.8. The summed E-state index contributed by atoms with van der Waals surface area (Å²) in [7, 11) is 1.65. The fourth-order valence-electron chi connectivity index (χ4n) is 1.79. The van der Waals surface area contributed by atoms with Crippen LogP contribution in [0.2, 0.25) is 0 Å². The average Bonchev–Trinajstić information content (AvgIpc) is 3.09. The van der Waals surface area contributed by atoms with Crippen molar-refractivity contribution >= 4 is 22.3 Å². The quantitative estimate of drug-likeness (QED) is 0.754. The maximum atomic E-state index is 5.12. The monoisotopic (exact) mass is 287 g/mol. The highest BCUT2D eigenvalue weighted by Crippen LogP contribution is 2.28. The largest absolute Gasteiger partial charge is 0.378 e. The van der Waals surface area contributed by atoms with Crippen LogP contribution in [0.3, 0.4) is 0 Å². The summed E-state index contributed by atoms with van der Waals surface area (Å²) in [5, 5.41) is 12.9. The van der Waals surface area contributed by atoms with Crippen molar-refractivity contribution in [3.05, 3.63) is 41.7 Å². The third kappa shape index (κ3) is 2.68. The lowest BCUT2D eigenvalue weighted by atomic mass is 10.2. The van der Waals surface area contributed by atoms with E-state index in [4.69, 9.17) is 4.74 Å². The van der Waals surface area contributed by atoms with Gasteiger partial charge in [-0.3, -0.25) is 5.10 Å². The topological polar surface area (TPSA) is 75.7 Å². The Hall–Kier alpha value is -2.25. The summed E-state index contributed by atoms with van der Waals surface area (Å²) >= 11 is 1.52. The first-order valence-electron chi connectivity index (χ1n) is 6.02. The van der Waals surface area contributed by atoms with Gasteiger partial charge in [-0.15, -0.1) is 11.3 Å². The molecule has 3 rings (SSSR count). The number of methoxy groups -OCH3 is 1. The molecular weight excluding hydrogens is 274 g/mol. The van der Waals surface area contributed by atoms with Gasteiger partial charge >= 0.3 is 0 Å². The number of hydrogen-bond donors (Lipinski definition) is 2. The molecule has 7 heteroatoms. The van der Waals surface area contributed by atoms with Crippen molar-refractivity contribution in [2.24, 2.45) is 0 Å². The summed E-state index contributed by atoms with van der Waals surface area (Å²) in [6.45, 7) is 0.458. The van der Waals surface area contributed by atoms with E-state index in [2.05, 4.69) is 25.5 Å². The zero-order valence-electron chi connectivity index (χ0n) is 10.8. The molecule has 0 radical (unpaired) electrons. The summed E-state index contributed by atoms with van der Waals surface area (Å²) < 4.78 is 5.12. The molecule has 0 aliphatic heterocycles. The molecule has 0 aromatic carbocycles. The van der Waals surface area contributed by atoms with Crippen LogP contribution in [0.1, 0.15) is 5.69 Å². The molecule has 6 nitrogen and oxygen atoms in total. The van der Waals surface area contributed by atoms with Crippen LogP contribution in [-0.2, 0) is 11.3 Å². The number of nitrogens with one attached hydrogen (secondary N) is 2. The minimum absolute atomic E-state index is 0.458. The van der Waals surface area contributed by atoms with Gasteiger partial charge in [0.05, 0.1) is 18.0 Å². The number of rotatable bonds is 5. The zero-order valence-corrected chi connectivity index (χ0v) is 11.6. The van der Waals surface area contributed by atoms with E-state index < -0.39 is 0 Å². The van der Waals surface area contributed by atoms with Crippen molar-refractivity contribution in [2.75, 3.05) is 12.4 Å². The lowest BCUT2D eigenvalue weighted by Crippen LogP contribution is -1.93. The van der Waals surface area contributed by atoms with Crippen LogP contribution < -0.4 is 5.32 Å². The molecule has 3 aromatic rings. The second kappa shape index (κ2) is 5.81. The van der Waals surface area contributed by atoms with Gasteiger partial charge in [0, 0.05) is 30.4 Å². The molecule has 0 atom stereocenters. The number of aromatic nitrogens is 4. The number of pyridine rings is 1. The first kappa shape index (κ1) is 12.8. The number of aromatic amines is 1. The lowest BCUT2D eigenvalue weighted by molar-refractivity contribution is 0.182. The van der Waals surface area contributed by atoms with E-state index >= 15 is 0 Å². The van der Waals surface area contributed by atoms with E-state index in [1.54, 1.807) is 13.3 Å². The van der Waals surface area contributed by atoms with Crippen molar-refractivity contribution in [3.8, 4) is 11.3 Å². The molecule has 0 fully saturated rings. The van der Waals surface area contributed by atoms with Crippen molar-refractivity contribution in [1.82, 2.24) is 20.2 Å². The molecule has 2 N–H and O–H groups in total. The normalized spacial score (nSPS) is 10.7. The number of ether oxygens (including phenoxy) is 1. The van der Waals surface area contributed by atoms with Crippen LogP contribution in [0.5, 0.6) is 0 Å². The Morgan fingerprint density at radius 3 is 3.15 bits per heavy atom. The van der Waals surface area contributed by atoms with Gasteiger partial charge in [0.1, 0.15) is 5.82 Å². The number of H-pyrrole nitrogens is 1. The number of thiazole rings is 1. The van der Waals surface area contributed by atoms with Gasteiger partial charge in [0.15, 0.2) is 5.13 Å². The predicted molar refractivity (Wildman–Crippen MR) is 77.9 cm³/mol. The van der Waals surface area contributed by atoms with E-state index in [1.165, 1.54) is 11.3 Å². The van der Waals surface area contributed by atoms with Gasteiger partial charge in [-0.25, -0.2) is 9.97 Å². The molecule has 0 saturated heterocycles. The number of hydrogen-bond acceptors (Lipinski definition) is 6. The van der Waals surface area contributed by atoms with Gasteiger partial charge in [-0.2, -0.15) is 5.10 Å². The summed E-state index contributed by atoms with van der Waals surface area (Å²) in [6.07, 6.45) is 3.57. The Kier molecular flexibility index (Phi) is 3.71. The van der Waals surface area contributed by atoms with Crippen molar-refractivity contribution < 1.29 is 4.74 Å². The second-order valence-corrected chi connectivity index (χ2v) is 4.91. The van der Waals surface area contributed by atoms with E-state index in [0.717, 1.165) is 27.9 Å². The molecular formula is C13H13N5OS. The van der Waals surface area contributed by atoms with Crippen LogP contribution in [-0.4, -0.2) is 27.3 Å². The second-order valence-electron chi connectivity index (χ2n) is 4.06. The Labute approximate surface area is 119 Å². The van der Waals surface area contributed by atoms with Crippen LogP contribution in [0.4, 0.5) is 10.9 Å². The minimum Gasteiger partial charge on any atom is -0.378 e. The Morgan fingerprint density at radius 2 is 2.35 bits per heavy atom. The van der Waals surface area contributed by atoms with Crippen molar-refractivity contribution in [2.45, 2.75) is 6.61 Å². The molecule has 0 unspecified atom stereocenters. The average molecular weight is 287 g/mol. The summed E-state index contributed by atoms with van der Waals surface area (Å²) in [5.41, 5.74) is 2.67. The van der Waals surface area contributed by atoms with Crippen molar-refractivity contribution in [3.63, 3.8) is 0 Å². The first-order chi connectivity index (χ1) is 9.86. The summed E-state index contributed by atoms with van der Waals surface area (Å²) in [5.74, 6) is 0.776. The minimum atomic E-state index is 0.458. The molecule has 0 bridgehead atoms. The predicted octanol–water partition coefficient (Wildman–Crippen LogP) is 2.82. The molecule has 0 saturated carbocycles. The van der Waals surface area contributed by atoms with Gasteiger partial charge in [-0.1, -0.05) is 6.07 Å². The first-order valence-corrected chi connectivity index (χ1v) is 6.90. The van der Waals surface area contributed by atoms with E-state index in [0.29, 0.717) is 6.61 Å². The standard InChI is InChI=1S/C13H13N5OS/c1-19-7-10-9(6-15-18-10)11-8-20-13(16-11)17-12-4-2-3-5-14-12/h2-6,8H,7H2,1H3,(H,15,18)(H,14,16,17). The Bertz CT molecular complexity index is 679. The molecule has 20 heavy (non-hydrogen) atoms. The fraction of sp³-hybridized carbons (Fsp3) is 0.154. The SMILES string of the molecule is COCc1n[nH]cc1-c1csc(Nc2ccccn2)n1. The van der Waals surface area contributed by atoms with Gasteiger partial charge in [0.2, 0.25) is 0 Å². The maximum Gasteiger partial charge on any atom is 0.188 e. The van der Waals surface area contributed by atoms with Crippen LogP contribution >= 0.6 is 11.3 Å². The van der Waals surface area contributed by atoms with Crippen LogP contribution in [0.25, 0.3) is 11.3 Å². The fourth-order valence-corrected chi connectivity index (χ4v) is 2.51. The molecule has 0 aliphatic rings. The van der Waals surface area contributed by atoms with Gasteiger partial charge in [0.25, 0.3) is 0 Å². The molecule has 0 spiro atoms. The molecule has 0 aliphatic carbocycles. The molecule has 0 amide bonds. The van der Waals surface area contributed by atoms with E-state index in [9.17, 15) is 0 Å². The van der Waals surface area contributed by atoms with E-state index in [-0.39, 0.29) is 0 Å². The van der Waals surface area contributed by atoms with E-state index in [1.807, 2.05) is 29.8 Å². The highest BCUT2D eigenvalue weighted by atomic mass is 32.1. The Balaban J connectivity index is 1.81. The summed E-state index contributed by atoms with van der Waals surface area (Å²) in [4.78, 5) is 8.75. The van der Waals surface area contributed by atoms with Crippen LogP contribution in [0, 0.1) is 0 Å². The third-order valence-corrected chi connectivity index (χ3v) is 3.44. The highest BCUT2D eigenvalue weighted by molar-refractivity contribution is 7.14. The smallest absolute Gasteiger partial charge is 0.188 e. The van der Waals surface area contributed by atoms with Crippen LogP contribution in [0.15, 0.2) is 36.0 Å². The molecule has 102 valence electrons. The maximum absolute atomic E-state index is 5.12. The van der Waals surface area contributed by atoms with Crippen molar-refractivity contribution in [1.29, 1.82) is 0 Å². The van der Waals surface area contributed by atoms with Gasteiger partial charge < -0.3 is 10.1 Å². The Morgan fingerprint density at radius 1 is 1.40 bits per heavy atom. The summed E-state index contributed by atoms with van der Waals surface area (Å²) in [6, 6.07) is 5.70. The molecule has 3 aromatic heterocycles. The lowest BCUT2D eigenvalue weighted by Gasteiger charge is -2.00. The number of anilines is 2. The number of nitrogens with zero attached hydrogens (tertiary/aromatic N) is 3.